The summed E-state index contributed by atoms with van der Waals surface area (Å²) in [5, 5.41) is 3.05. The molecular formula is C15H27N3O2. The van der Waals surface area contributed by atoms with Crippen LogP contribution in [-0.4, -0.2) is 41.9 Å². The lowest BCUT2D eigenvalue weighted by molar-refractivity contribution is -0.132. The first kappa shape index (κ1) is 15.3. The largest absolute Gasteiger partial charge is 0.353 e. The van der Waals surface area contributed by atoms with Crippen molar-refractivity contribution in [1.29, 1.82) is 0 Å². The fourth-order valence-electron chi connectivity index (χ4n) is 2.82. The molecule has 0 aromatic heterocycles. The minimum absolute atomic E-state index is 0.0458. The summed E-state index contributed by atoms with van der Waals surface area (Å²) < 4.78 is 0. The molecule has 1 aliphatic heterocycles. The Hall–Kier alpha value is -1.10. The second-order valence-corrected chi connectivity index (χ2v) is 6.18. The number of hydrogen-bond acceptors (Lipinski definition) is 3. The van der Waals surface area contributed by atoms with E-state index in [9.17, 15) is 9.59 Å². The second kappa shape index (κ2) is 7.07. The molecule has 20 heavy (non-hydrogen) atoms. The van der Waals surface area contributed by atoms with E-state index >= 15 is 0 Å². The molecule has 0 spiro atoms. The predicted molar refractivity (Wildman–Crippen MR) is 78.0 cm³/mol. The summed E-state index contributed by atoms with van der Waals surface area (Å²) >= 11 is 0. The van der Waals surface area contributed by atoms with Crippen LogP contribution in [0.5, 0.6) is 0 Å². The number of nitrogens with one attached hydrogen (secondary N) is 1. The molecule has 3 N–H and O–H groups in total. The van der Waals surface area contributed by atoms with Crippen LogP contribution in [0.2, 0.25) is 0 Å². The van der Waals surface area contributed by atoms with Crippen LogP contribution in [-0.2, 0) is 9.59 Å². The van der Waals surface area contributed by atoms with Crippen molar-refractivity contribution >= 4 is 11.8 Å². The molecule has 5 heteroatoms. The van der Waals surface area contributed by atoms with Gasteiger partial charge in [0.15, 0.2) is 0 Å². The molecule has 2 amide bonds. The summed E-state index contributed by atoms with van der Waals surface area (Å²) in [6.07, 6.45) is 6.04. The molecule has 1 aliphatic carbocycles. The molecule has 1 saturated heterocycles. The molecule has 0 bridgehead atoms. The average molecular weight is 281 g/mol. The monoisotopic (exact) mass is 281 g/mol. The van der Waals surface area contributed by atoms with Gasteiger partial charge in [-0.2, -0.15) is 0 Å². The van der Waals surface area contributed by atoms with E-state index in [1.807, 2.05) is 11.8 Å². The van der Waals surface area contributed by atoms with Crippen LogP contribution in [0.25, 0.3) is 0 Å². The molecule has 0 radical (unpaired) electrons. The fraction of sp³-hybridized carbons (Fsp3) is 0.867. The van der Waals surface area contributed by atoms with Crippen LogP contribution >= 0.6 is 0 Å². The van der Waals surface area contributed by atoms with Gasteiger partial charge in [-0.1, -0.05) is 6.92 Å². The molecule has 1 saturated carbocycles. The number of piperidine rings is 1. The summed E-state index contributed by atoms with van der Waals surface area (Å²) in [6.45, 7) is 3.49. The van der Waals surface area contributed by atoms with Gasteiger partial charge in [-0.05, 0) is 38.0 Å². The van der Waals surface area contributed by atoms with E-state index in [0.29, 0.717) is 18.8 Å². The Labute approximate surface area is 121 Å². The van der Waals surface area contributed by atoms with Gasteiger partial charge in [0.05, 0.1) is 0 Å². The quantitative estimate of drug-likeness (QED) is 0.763. The van der Waals surface area contributed by atoms with E-state index in [4.69, 9.17) is 5.73 Å². The SMILES string of the molecule is CCCC(=O)NC1CCN(C(=O)CC(N)C2CC2)CC1. The first-order valence-electron chi connectivity index (χ1n) is 7.93. The third kappa shape index (κ3) is 4.47. The predicted octanol–water partition coefficient (Wildman–Crippen LogP) is 1.02. The van der Waals surface area contributed by atoms with Gasteiger partial charge in [-0.3, -0.25) is 9.59 Å². The first-order valence-corrected chi connectivity index (χ1v) is 7.93. The zero-order chi connectivity index (χ0) is 14.5. The van der Waals surface area contributed by atoms with E-state index in [2.05, 4.69) is 5.32 Å². The van der Waals surface area contributed by atoms with E-state index in [1.54, 1.807) is 0 Å². The van der Waals surface area contributed by atoms with Crippen molar-refractivity contribution < 1.29 is 9.59 Å². The first-order chi connectivity index (χ1) is 9.60. The van der Waals surface area contributed by atoms with Crippen molar-refractivity contribution in [3.63, 3.8) is 0 Å². The number of likely N-dealkylation sites (tertiary alicyclic amines) is 1. The third-order valence-corrected chi connectivity index (χ3v) is 4.33. The molecule has 1 atom stereocenters. The molecule has 2 rings (SSSR count). The van der Waals surface area contributed by atoms with E-state index < -0.39 is 0 Å². The van der Waals surface area contributed by atoms with E-state index in [0.717, 1.165) is 32.4 Å². The Kier molecular flexibility index (Phi) is 5.40. The topological polar surface area (TPSA) is 75.4 Å². The summed E-state index contributed by atoms with van der Waals surface area (Å²) in [6, 6.07) is 0.277. The van der Waals surface area contributed by atoms with Crippen LogP contribution in [0.3, 0.4) is 0 Å². The van der Waals surface area contributed by atoms with Gasteiger partial charge in [0.2, 0.25) is 11.8 Å². The van der Waals surface area contributed by atoms with Crippen molar-refractivity contribution in [3.8, 4) is 0 Å². The molecule has 1 unspecified atom stereocenters. The number of hydrogen-bond donors (Lipinski definition) is 2. The van der Waals surface area contributed by atoms with Gasteiger partial charge in [-0.25, -0.2) is 0 Å². The number of nitrogens with two attached hydrogens (primary N) is 1. The Balaban J connectivity index is 1.67. The summed E-state index contributed by atoms with van der Waals surface area (Å²) in [7, 11) is 0. The lowest BCUT2D eigenvalue weighted by Crippen LogP contribution is -2.47. The number of carbonyl (C=O) groups excluding carboxylic acids is 2. The highest BCUT2D eigenvalue weighted by Gasteiger charge is 2.32. The average Bonchev–Trinajstić information content (AvgIpc) is 3.24. The molecular weight excluding hydrogens is 254 g/mol. The van der Waals surface area contributed by atoms with E-state index in [1.165, 1.54) is 12.8 Å². The molecule has 1 heterocycles. The fourth-order valence-corrected chi connectivity index (χ4v) is 2.82. The third-order valence-electron chi connectivity index (χ3n) is 4.33. The normalized spacial score (nSPS) is 21.6. The standard InChI is InChI=1S/C15H27N3O2/c1-2-3-14(19)17-12-6-8-18(9-7-12)15(20)10-13(16)11-4-5-11/h11-13H,2-10,16H2,1H3,(H,17,19). The van der Waals surface area contributed by atoms with Crippen LogP contribution in [0, 0.1) is 5.92 Å². The number of rotatable bonds is 6. The highest BCUT2D eigenvalue weighted by atomic mass is 16.2. The van der Waals surface area contributed by atoms with Crippen molar-refractivity contribution in [2.24, 2.45) is 11.7 Å². The zero-order valence-electron chi connectivity index (χ0n) is 12.4. The maximum absolute atomic E-state index is 12.1. The Morgan fingerprint density at radius 3 is 2.45 bits per heavy atom. The molecule has 2 aliphatic rings. The Morgan fingerprint density at radius 1 is 1.25 bits per heavy atom. The second-order valence-electron chi connectivity index (χ2n) is 6.18. The van der Waals surface area contributed by atoms with Crippen molar-refractivity contribution in [3.05, 3.63) is 0 Å². The van der Waals surface area contributed by atoms with Gasteiger partial charge in [-0.15, -0.1) is 0 Å². The minimum Gasteiger partial charge on any atom is -0.353 e. The van der Waals surface area contributed by atoms with Crippen LogP contribution in [0.15, 0.2) is 0 Å². The van der Waals surface area contributed by atoms with Crippen LogP contribution < -0.4 is 11.1 Å². The van der Waals surface area contributed by atoms with Gasteiger partial charge in [0.25, 0.3) is 0 Å². The maximum Gasteiger partial charge on any atom is 0.224 e. The molecule has 114 valence electrons. The van der Waals surface area contributed by atoms with Gasteiger partial charge < -0.3 is 16.0 Å². The zero-order valence-corrected chi connectivity index (χ0v) is 12.4. The summed E-state index contributed by atoms with van der Waals surface area (Å²) in [5.74, 6) is 0.889. The Morgan fingerprint density at radius 2 is 1.90 bits per heavy atom. The molecule has 0 aromatic rings. The lowest BCUT2D eigenvalue weighted by atomic mass is 10.0. The Bertz CT molecular complexity index is 347. The number of amides is 2. The van der Waals surface area contributed by atoms with Gasteiger partial charge in [0, 0.05) is 38.0 Å². The van der Waals surface area contributed by atoms with Crippen LogP contribution in [0.4, 0.5) is 0 Å². The van der Waals surface area contributed by atoms with Gasteiger partial charge >= 0.3 is 0 Å². The van der Waals surface area contributed by atoms with Crippen molar-refractivity contribution in [2.45, 2.75) is 64.0 Å². The molecule has 2 fully saturated rings. The molecule has 0 aromatic carbocycles. The number of carbonyl (C=O) groups is 2. The number of nitrogens with zero attached hydrogens (tertiary/aromatic N) is 1. The smallest absolute Gasteiger partial charge is 0.224 e. The summed E-state index contributed by atoms with van der Waals surface area (Å²) in [5.41, 5.74) is 6.01. The summed E-state index contributed by atoms with van der Waals surface area (Å²) in [4.78, 5) is 25.6. The minimum atomic E-state index is 0.0458. The lowest BCUT2D eigenvalue weighted by Gasteiger charge is -2.33. The highest BCUT2D eigenvalue weighted by Crippen LogP contribution is 2.33. The van der Waals surface area contributed by atoms with Gasteiger partial charge in [0.1, 0.15) is 0 Å². The van der Waals surface area contributed by atoms with Crippen LogP contribution in [0.1, 0.15) is 51.9 Å². The maximum atomic E-state index is 12.1. The van der Waals surface area contributed by atoms with Crippen molar-refractivity contribution in [1.82, 2.24) is 10.2 Å². The highest BCUT2D eigenvalue weighted by molar-refractivity contribution is 5.77. The molecule has 5 nitrogen and oxygen atoms in total. The van der Waals surface area contributed by atoms with E-state index in [-0.39, 0.29) is 23.9 Å². The van der Waals surface area contributed by atoms with Crippen molar-refractivity contribution in [2.75, 3.05) is 13.1 Å².